The van der Waals surface area contributed by atoms with Crippen molar-refractivity contribution in [3.63, 3.8) is 0 Å². The summed E-state index contributed by atoms with van der Waals surface area (Å²) in [7, 11) is 0. The minimum Gasteiger partial charge on any atom is -0.394 e. The van der Waals surface area contributed by atoms with Gasteiger partial charge in [0.2, 0.25) is 0 Å². The topological polar surface area (TPSA) is 38.9 Å². The van der Waals surface area contributed by atoms with Gasteiger partial charge in [0, 0.05) is 6.20 Å². The predicted octanol–water partition coefficient (Wildman–Crippen LogP) is 1.57. The number of pyridine rings is 1. The molecule has 0 unspecified atom stereocenters. The Balaban J connectivity index is 3.25. The van der Waals surface area contributed by atoms with E-state index in [9.17, 15) is 4.39 Å². The van der Waals surface area contributed by atoms with E-state index in [1.165, 1.54) is 12.3 Å². The van der Waals surface area contributed by atoms with Gasteiger partial charge in [-0.2, -0.15) is 0 Å². The van der Waals surface area contributed by atoms with Crippen LogP contribution in [-0.2, 0) is 0 Å². The van der Waals surface area contributed by atoms with Gasteiger partial charge in [-0.1, -0.05) is 0 Å². The van der Waals surface area contributed by atoms with Crippen molar-refractivity contribution in [3.05, 3.63) is 22.7 Å². The average molecular weight is 191 g/mol. The molecule has 2 N–H and O–H groups in total. The zero-order valence-electron chi connectivity index (χ0n) is 4.44. The third-order valence-corrected chi connectivity index (χ3v) is 1.52. The molecule has 48 valence electrons. The molecule has 0 aliphatic rings. The van der Waals surface area contributed by atoms with Gasteiger partial charge in [0.05, 0.1) is 0 Å². The average Bonchev–Trinajstić information content (AvgIpc) is 1.83. The Hall–Kier alpha value is -0.640. The van der Waals surface area contributed by atoms with E-state index in [0.29, 0.717) is 4.60 Å². The number of nitrogens with zero attached hydrogens (tertiary/aromatic N) is 1. The smallest absolute Gasteiger partial charge is 0.150 e. The standard InChI is InChI=1S/C5H4BrFN2/c6-5-4(8)3(7)1-2-9-5/h1-2H,8H2. The monoisotopic (exact) mass is 190 g/mol. The van der Waals surface area contributed by atoms with Crippen LogP contribution in [0.25, 0.3) is 0 Å². The molecule has 0 fully saturated rings. The zero-order chi connectivity index (χ0) is 6.85. The van der Waals surface area contributed by atoms with Crippen LogP contribution in [0.5, 0.6) is 0 Å². The Bertz CT molecular complexity index is 206. The second kappa shape index (κ2) is 2.31. The van der Waals surface area contributed by atoms with Gasteiger partial charge >= 0.3 is 0 Å². The summed E-state index contributed by atoms with van der Waals surface area (Å²) >= 11 is 2.97. The highest BCUT2D eigenvalue weighted by Crippen LogP contribution is 2.17. The lowest BCUT2D eigenvalue weighted by Crippen LogP contribution is -1.92. The fourth-order valence-electron chi connectivity index (χ4n) is 0.426. The van der Waals surface area contributed by atoms with Crippen LogP contribution in [0, 0.1) is 5.82 Å². The lowest BCUT2D eigenvalue weighted by molar-refractivity contribution is 0.629. The van der Waals surface area contributed by atoms with Crippen molar-refractivity contribution >= 4 is 21.6 Å². The molecule has 1 heterocycles. The first-order chi connectivity index (χ1) is 4.22. The molecule has 1 aromatic heterocycles. The molecule has 0 spiro atoms. The van der Waals surface area contributed by atoms with Gasteiger partial charge in [-0.05, 0) is 22.0 Å². The molecule has 1 rings (SSSR count). The number of halogens is 2. The molecule has 0 aliphatic heterocycles. The summed E-state index contributed by atoms with van der Waals surface area (Å²) in [5, 5.41) is 0. The minimum atomic E-state index is -0.447. The van der Waals surface area contributed by atoms with Gasteiger partial charge in [-0.25, -0.2) is 9.37 Å². The molecule has 0 amide bonds. The van der Waals surface area contributed by atoms with Crippen LogP contribution in [0.3, 0.4) is 0 Å². The van der Waals surface area contributed by atoms with E-state index in [-0.39, 0.29) is 5.69 Å². The molecular formula is C5H4BrFN2. The highest BCUT2D eigenvalue weighted by Gasteiger charge is 1.99. The van der Waals surface area contributed by atoms with Gasteiger partial charge in [-0.15, -0.1) is 0 Å². The fraction of sp³-hybridized carbons (Fsp3) is 0. The highest BCUT2D eigenvalue weighted by molar-refractivity contribution is 9.10. The quantitative estimate of drug-likeness (QED) is 0.632. The zero-order valence-corrected chi connectivity index (χ0v) is 6.02. The molecule has 1 aromatic rings. The van der Waals surface area contributed by atoms with Crippen molar-refractivity contribution in [1.82, 2.24) is 4.98 Å². The van der Waals surface area contributed by atoms with Gasteiger partial charge < -0.3 is 5.73 Å². The maximum Gasteiger partial charge on any atom is 0.150 e. The van der Waals surface area contributed by atoms with E-state index < -0.39 is 5.82 Å². The van der Waals surface area contributed by atoms with Crippen LogP contribution >= 0.6 is 15.9 Å². The van der Waals surface area contributed by atoms with E-state index in [2.05, 4.69) is 20.9 Å². The number of hydrogen-bond acceptors (Lipinski definition) is 2. The summed E-state index contributed by atoms with van der Waals surface area (Å²) in [4.78, 5) is 3.69. The van der Waals surface area contributed by atoms with Crippen LogP contribution < -0.4 is 5.73 Å². The highest BCUT2D eigenvalue weighted by atomic mass is 79.9. The van der Waals surface area contributed by atoms with Crippen LogP contribution in [0.1, 0.15) is 0 Å². The molecular weight excluding hydrogens is 187 g/mol. The summed E-state index contributed by atoms with van der Waals surface area (Å²) < 4.78 is 12.7. The normalized spacial score (nSPS) is 9.56. The molecule has 0 atom stereocenters. The number of aromatic nitrogens is 1. The van der Waals surface area contributed by atoms with Crippen molar-refractivity contribution in [1.29, 1.82) is 0 Å². The van der Waals surface area contributed by atoms with E-state index in [0.717, 1.165) is 0 Å². The van der Waals surface area contributed by atoms with Crippen LogP contribution in [0.15, 0.2) is 16.9 Å². The molecule has 2 nitrogen and oxygen atoms in total. The van der Waals surface area contributed by atoms with Crippen LogP contribution in [-0.4, -0.2) is 4.98 Å². The summed E-state index contributed by atoms with van der Waals surface area (Å²) in [5.74, 6) is -0.447. The van der Waals surface area contributed by atoms with E-state index >= 15 is 0 Å². The van der Waals surface area contributed by atoms with Crippen molar-refractivity contribution in [2.45, 2.75) is 0 Å². The van der Waals surface area contributed by atoms with Gasteiger partial charge in [0.25, 0.3) is 0 Å². The Morgan fingerprint density at radius 3 is 2.78 bits per heavy atom. The summed E-state index contributed by atoms with van der Waals surface area (Å²) in [5.41, 5.74) is 5.25. The molecule has 0 saturated heterocycles. The van der Waals surface area contributed by atoms with Crippen molar-refractivity contribution < 1.29 is 4.39 Å². The molecule has 0 bridgehead atoms. The number of hydrogen-bond donors (Lipinski definition) is 1. The third kappa shape index (κ3) is 1.18. The van der Waals surface area contributed by atoms with Gasteiger partial charge in [0.15, 0.2) is 0 Å². The molecule has 4 heteroatoms. The molecule has 0 radical (unpaired) electrons. The lowest BCUT2D eigenvalue weighted by atomic mass is 10.4. The second-order valence-electron chi connectivity index (χ2n) is 1.50. The van der Waals surface area contributed by atoms with Gasteiger partial charge in [0.1, 0.15) is 16.1 Å². The van der Waals surface area contributed by atoms with Crippen molar-refractivity contribution in [2.75, 3.05) is 5.73 Å². The fourth-order valence-corrected chi connectivity index (χ4v) is 0.734. The maximum atomic E-state index is 12.4. The Morgan fingerprint density at radius 1 is 1.67 bits per heavy atom. The first kappa shape index (κ1) is 6.48. The first-order valence-electron chi connectivity index (χ1n) is 2.27. The van der Waals surface area contributed by atoms with Gasteiger partial charge in [-0.3, -0.25) is 0 Å². The van der Waals surface area contributed by atoms with Crippen LogP contribution in [0.2, 0.25) is 0 Å². The number of anilines is 1. The predicted molar refractivity (Wildman–Crippen MR) is 36.3 cm³/mol. The van der Waals surface area contributed by atoms with Crippen molar-refractivity contribution in [3.8, 4) is 0 Å². The number of nitrogens with two attached hydrogens (primary N) is 1. The number of rotatable bonds is 0. The minimum absolute atomic E-state index is 0.0532. The second-order valence-corrected chi connectivity index (χ2v) is 2.25. The third-order valence-electron chi connectivity index (χ3n) is 0.888. The van der Waals surface area contributed by atoms with Crippen molar-refractivity contribution in [2.24, 2.45) is 0 Å². The largest absolute Gasteiger partial charge is 0.394 e. The Labute approximate surface area is 60.0 Å². The Kier molecular flexibility index (Phi) is 1.66. The molecule has 9 heavy (non-hydrogen) atoms. The van der Waals surface area contributed by atoms with E-state index in [4.69, 9.17) is 5.73 Å². The van der Waals surface area contributed by atoms with E-state index in [1.54, 1.807) is 0 Å². The summed E-state index contributed by atoms with van der Waals surface area (Å²) in [6.45, 7) is 0. The lowest BCUT2D eigenvalue weighted by Gasteiger charge is -1.94. The summed E-state index contributed by atoms with van der Waals surface area (Å²) in [6, 6.07) is 1.21. The first-order valence-corrected chi connectivity index (χ1v) is 3.06. The SMILES string of the molecule is Nc1c(F)ccnc1Br. The summed E-state index contributed by atoms with van der Waals surface area (Å²) in [6.07, 6.45) is 1.34. The molecule has 0 aromatic carbocycles. The maximum absolute atomic E-state index is 12.4. The van der Waals surface area contributed by atoms with Crippen LogP contribution in [0.4, 0.5) is 10.1 Å². The molecule has 0 saturated carbocycles. The number of nitrogen functional groups attached to an aromatic ring is 1. The Morgan fingerprint density at radius 2 is 2.33 bits per heavy atom. The molecule has 0 aliphatic carbocycles. The van der Waals surface area contributed by atoms with E-state index in [1.807, 2.05) is 0 Å².